The third kappa shape index (κ3) is 3.54. The fourth-order valence-electron chi connectivity index (χ4n) is 3.06. The Balaban J connectivity index is 1.69. The fourth-order valence-corrected chi connectivity index (χ4v) is 4.15. The highest BCUT2D eigenvalue weighted by Crippen LogP contribution is 2.37. The lowest BCUT2D eigenvalue weighted by atomic mass is 10.2. The van der Waals surface area contributed by atoms with Crippen molar-refractivity contribution < 1.29 is 17.9 Å². The van der Waals surface area contributed by atoms with Crippen LogP contribution in [0, 0.1) is 0 Å². The van der Waals surface area contributed by atoms with Crippen LogP contribution in [-0.4, -0.2) is 26.4 Å². The molecule has 0 radical (unpaired) electrons. The van der Waals surface area contributed by atoms with E-state index < -0.39 is 15.9 Å². The maximum Gasteiger partial charge on any atom is 0.263 e. The van der Waals surface area contributed by atoms with E-state index in [4.69, 9.17) is 4.74 Å². The van der Waals surface area contributed by atoms with Crippen molar-refractivity contribution in [1.29, 1.82) is 0 Å². The van der Waals surface area contributed by atoms with E-state index in [2.05, 4.69) is 9.71 Å². The summed E-state index contributed by atoms with van der Waals surface area (Å²) >= 11 is 0. The number of hydrogen-bond donors (Lipinski definition) is 1. The summed E-state index contributed by atoms with van der Waals surface area (Å²) in [5.41, 5.74) is 1.71. The first-order chi connectivity index (χ1) is 13.9. The van der Waals surface area contributed by atoms with Crippen molar-refractivity contribution in [2.75, 3.05) is 16.7 Å². The molecule has 1 aliphatic rings. The van der Waals surface area contributed by atoms with Gasteiger partial charge in [-0.2, -0.15) is 0 Å². The average molecular weight is 409 g/mol. The van der Waals surface area contributed by atoms with Crippen molar-refractivity contribution in [2.24, 2.45) is 0 Å². The van der Waals surface area contributed by atoms with Gasteiger partial charge in [0.1, 0.15) is 5.75 Å². The molecule has 2 heterocycles. The van der Waals surface area contributed by atoms with Crippen LogP contribution in [0.3, 0.4) is 0 Å². The normalized spacial score (nSPS) is 13.2. The molecule has 3 aromatic rings. The van der Waals surface area contributed by atoms with E-state index in [1.54, 1.807) is 37.5 Å². The molecular weight excluding hydrogens is 390 g/mol. The SMILES string of the molecule is CCc1ccc(NS(=O)(=O)c2ccc3c(c2)C(=O)N(C)c2ncccc2O3)cc1. The molecule has 0 saturated carbocycles. The van der Waals surface area contributed by atoms with Gasteiger partial charge in [-0.25, -0.2) is 13.4 Å². The van der Waals surface area contributed by atoms with Gasteiger partial charge in [-0.3, -0.25) is 14.4 Å². The van der Waals surface area contributed by atoms with Gasteiger partial charge in [0.25, 0.3) is 15.9 Å². The zero-order valence-electron chi connectivity index (χ0n) is 15.9. The monoisotopic (exact) mass is 409 g/mol. The number of pyridine rings is 1. The van der Waals surface area contributed by atoms with Gasteiger partial charge in [-0.15, -0.1) is 0 Å². The summed E-state index contributed by atoms with van der Waals surface area (Å²) in [7, 11) is -2.31. The van der Waals surface area contributed by atoms with E-state index in [9.17, 15) is 13.2 Å². The van der Waals surface area contributed by atoms with Gasteiger partial charge in [0.15, 0.2) is 11.6 Å². The number of carbonyl (C=O) groups excluding carboxylic acids is 1. The Morgan fingerprint density at radius 2 is 1.83 bits per heavy atom. The zero-order chi connectivity index (χ0) is 20.6. The molecule has 8 heteroatoms. The summed E-state index contributed by atoms with van der Waals surface area (Å²) in [4.78, 5) is 18.4. The second-order valence-corrected chi connectivity index (χ2v) is 8.29. The van der Waals surface area contributed by atoms with Crippen molar-refractivity contribution >= 4 is 27.4 Å². The molecule has 0 spiro atoms. The van der Waals surface area contributed by atoms with Gasteiger partial charge in [0.05, 0.1) is 10.5 Å². The number of nitrogens with zero attached hydrogens (tertiary/aromatic N) is 2. The number of anilines is 2. The number of fused-ring (bicyclic) bond motifs is 2. The standard InChI is InChI=1S/C21H19N3O4S/c1-3-14-6-8-15(9-7-14)23-29(26,27)16-10-11-18-17(13-16)21(25)24(2)20-19(28-18)5-4-12-22-20/h4-13,23H,3H2,1-2H3. The number of sulfonamides is 1. The van der Waals surface area contributed by atoms with Crippen molar-refractivity contribution in [3.8, 4) is 11.5 Å². The van der Waals surface area contributed by atoms with Gasteiger partial charge in [-0.1, -0.05) is 19.1 Å². The molecule has 1 aliphatic heterocycles. The first-order valence-electron chi connectivity index (χ1n) is 9.06. The summed E-state index contributed by atoms with van der Waals surface area (Å²) in [6.45, 7) is 2.03. The van der Waals surface area contributed by atoms with E-state index in [1.165, 1.54) is 23.1 Å². The van der Waals surface area contributed by atoms with Crippen LogP contribution in [0.1, 0.15) is 22.8 Å². The minimum absolute atomic E-state index is 0.0277. The number of amides is 1. The molecule has 1 N–H and O–H groups in total. The first kappa shape index (κ1) is 18.9. The quantitative estimate of drug-likeness (QED) is 0.708. The molecule has 148 valence electrons. The Labute approximate surface area is 169 Å². The molecule has 29 heavy (non-hydrogen) atoms. The summed E-state index contributed by atoms with van der Waals surface area (Å²) in [5.74, 6) is 0.667. The third-order valence-electron chi connectivity index (χ3n) is 4.70. The van der Waals surface area contributed by atoms with Crippen LogP contribution in [0.25, 0.3) is 0 Å². The van der Waals surface area contributed by atoms with Crippen molar-refractivity contribution in [3.05, 3.63) is 71.9 Å². The minimum atomic E-state index is -3.88. The number of ether oxygens (including phenoxy) is 1. The first-order valence-corrected chi connectivity index (χ1v) is 10.5. The average Bonchev–Trinajstić information content (AvgIpc) is 2.83. The van der Waals surface area contributed by atoms with Gasteiger partial charge < -0.3 is 4.74 Å². The smallest absolute Gasteiger partial charge is 0.263 e. The molecule has 0 unspecified atom stereocenters. The highest BCUT2D eigenvalue weighted by atomic mass is 32.2. The van der Waals surface area contributed by atoms with E-state index in [0.717, 1.165) is 12.0 Å². The van der Waals surface area contributed by atoms with Crippen molar-refractivity contribution in [3.63, 3.8) is 0 Å². The Bertz CT molecular complexity index is 1190. The van der Waals surface area contributed by atoms with E-state index in [0.29, 0.717) is 17.3 Å². The Hall–Kier alpha value is -3.39. The highest BCUT2D eigenvalue weighted by Gasteiger charge is 2.28. The van der Waals surface area contributed by atoms with Crippen LogP contribution >= 0.6 is 0 Å². The Kier molecular flexibility index (Phi) is 4.71. The lowest BCUT2D eigenvalue weighted by molar-refractivity contribution is 0.0992. The van der Waals surface area contributed by atoms with Crippen molar-refractivity contribution in [2.45, 2.75) is 18.2 Å². The lowest BCUT2D eigenvalue weighted by Crippen LogP contribution is -2.26. The van der Waals surface area contributed by atoms with Gasteiger partial charge in [0.2, 0.25) is 0 Å². The van der Waals surface area contributed by atoms with E-state index in [1.807, 2.05) is 19.1 Å². The maximum absolute atomic E-state index is 12.9. The largest absolute Gasteiger partial charge is 0.453 e. The Morgan fingerprint density at radius 1 is 1.07 bits per heavy atom. The number of carbonyl (C=O) groups is 1. The summed E-state index contributed by atoms with van der Waals surface area (Å²) in [5, 5.41) is 0. The highest BCUT2D eigenvalue weighted by molar-refractivity contribution is 7.92. The molecular formula is C21H19N3O4S. The van der Waals surface area contributed by atoms with E-state index >= 15 is 0 Å². The van der Waals surface area contributed by atoms with Gasteiger partial charge in [0, 0.05) is 18.9 Å². The molecule has 1 aromatic heterocycles. The van der Waals surface area contributed by atoms with Crippen LogP contribution < -0.4 is 14.4 Å². The number of hydrogen-bond acceptors (Lipinski definition) is 5. The van der Waals surface area contributed by atoms with Crippen LogP contribution in [0.2, 0.25) is 0 Å². The number of rotatable bonds is 4. The molecule has 4 rings (SSSR count). The number of benzene rings is 2. The molecule has 1 amide bonds. The molecule has 2 aromatic carbocycles. The van der Waals surface area contributed by atoms with Gasteiger partial charge in [-0.05, 0) is 54.4 Å². The number of nitrogens with one attached hydrogen (secondary N) is 1. The molecule has 7 nitrogen and oxygen atoms in total. The molecule has 0 bridgehead atoms. The summed E-state index contributed by atoms with van der Waals surface area (Å²) in [6, 6.07) is 14.8. The topological polar surface area (TPSA) is 88.6 Å². The predicted molar refractivity (Wildman–Crippen MR) is 110 cm³/mol. The van der Waals surface area contributed by atoms with Crippen LogP contribution in [0.5, 0.6) is 11.5 Å². The summed E-state index contributed by atoms with van der Waals surface area (Å²) < 4.78 is 34.1. The number of aromatic nitrogens is 1. The second-order valence-electron chi connectivity index (χ2n) is 6.61. The minimum Gasteiger partial charge on any atom is -0.453 e. The maximum atomic E-state index is 12.9. The predicted octanol–water partition coefficient (Wildman–Crippen LogP) is 3.83. The molecule has 0 aliphatic carbocycles. The van der Waals surface area contributed by atoms with Crippen molar-refractivity contribution in [1.82, 2.24) is 4.98 Å². The van der Waals surface area contributed by atoms with Crippen LogP contribution in [0.4, 0.5) is 11.5 Å². The molecule has 0 fully saturated rings. The summed E-state index contributed by atoms with van der Waals surface area (Å²) in [6.07, 6.45) is 2.43. The van der Waals surface area contributed by atoms with Gasteiger partial charge >= 0.3 is 0 Å². The second kappa shape index (κ2) is 7.21. The van der Waals surface area contributed by atoms with Crippen LogP contribution in [0.15, 0.2) is 65.7 Å². The lowest BCUT2D eigenvalue weighted by Gasteiger charge is -2.14. The van der Waals surface area contributed by atoms with Crippen LogP contribution in [-0.2, 0) is 16.4 Å². The van der Waals surface area contributed by atoms with E-state index in [-0.39, 0.29) is 16.2 Å². The third-order valence-corrected chi connectivity index (χ3v) is 6.08. The fraction of sp³-hybridized carbons (Fsp3) is 0.143. The number of aryl methyl sites for hydroxylation is 1. The Morgan fingerprint density at radius 3 is 2.55 bits per heavy atom. The molecule has 0 atom stereocenters. The zero-order valence-corrected chi connectivity index (χ0v) is 16.7. The molecule has 0 saturated heterocycles.